The second kappa shape index (κ2) is 7.55. The average molecular weight is 422 g/mol. The van der Waals surface area contributed by atoms with Gasteiger partial charge in [0.1, 0.15) is 5.39 Å². The Kier molecular flexibility index (Phi) is 5.40. The van der Waals surface area contributed by atoms with Crippen molar-refractivity contribution >= 4 is 16.9 Å². The number of pyridine rings is 1. The van der Waals surface area contributed by atoms with E-state index in [0.717, 1.165) is 12.1 Å². The van der Waals surface area contributed by atoms with Gasteiger partial charge in [0.15, 0.2) is 11.4 Å². The molecular formula is C21H21F3N2O4. The minimum atomic E-state index is -4.49. The van der Waals surface area contributed by atoms with E-state index in [-0.39, 0.29) is 22.5 Å². The van der Waals surface area contributed by atoms with Crippen LogP contribution in [0.15, 0.2) is 35.1 Å². The van der Waals surface area contributed by atoms with Crippen LogP contribution < -0.4 is 10.3 Å². The third-order valence-electron chi connectivity index (χ3n) is 4.77. The molecule has 0 unspecified atom stereocenters. The van der Waals surface area contributed by atoms with Crippen molar-refractivity contribution in [1.29, 1.82) is 0 Å². The Morgan fingerprint density at radius 1 is 1.20 bits per heavy atom. The highest BCUT2D eigenvalue weighted by molar-refractivity contribution is 6.00. The molecule has 0 spiro atoms. The van der Waals surface area contributed by atoms with Crippen LogP contribution in [0.25, 0.3) is 16.6 Å². The summed E-state index contributed by atoms with van der Waals surface area (Å²) in [5.74, 6) is -1.30. The van der Waals surface area contributed by atoms with E-state index in [1.54, 1.807) is 26.8 Å². The van der Waals surface area contributed by atoms with Crippen LogP contribution in [0.3, 0.4) is 0 Å². The van der Waals surface area contributed by atoms with Gasteiger partial charge in [0.05, 0.1) is 17.2 Å². The largest absolute Gasteiger partial charge is 0.488 e. The number of alkyl halides is 3. The highest BCUT2D eigenvalue weighted by Crippen LogP contribution is 2.33. The number of hydrogen-bond donors (Lipinski definition) is 1. The zero-order valence-corrected chi connectivity index (χ0v) is 16.9. The van der Waals surface area contributed by atoms with E-state index in [1.165, 1.54) is 28.3 Å². The minimum absolute atomic E-state index is 0.0525. The molecule has 0 saturated carbocycles. The number of benzene rings is 1. The van der Waals surface area contributed by atoms with Crippen molar-refractivity contribution in [3.63, 3.8) is 0 Å². The average Bonchev–Trinajstić information content (AvgIpc) is 2.92. The summed E-state index contributed by atoms with van der Waals surface area (Å²) in [6.07, 6.45) is -4.48. The number of carboxylic acid groups (broad SMARTS) is 1. The first-order valence-corrected chi connectivity index (χ1v) is 9.32. The van der Waals surface area contributed by atoms with Crippen molar-refractivity contribution in [2.75, 3.05) is 0 Å². The highest BCUT2D eigenvalue weighted by Gasteiger charge is 2.31. The Hall–Kier alpha value is -3.23. The van der Waals surface area contributed by atoms with Gasteiger partial charge in [0.2, 0.25) is 0 Å². The fraction of sp³-hybridized carbons (Fsp3) is 0.333. The summed E-state index contributed by atoms with van der Waals surface area (Å²) in [4.78, 5) is 25.3. The van der Waals surface area contributed by atoms with Gasteiger partial charge in [-0.15, -0.1) is 0 Å². The normalized spacial score (nSPS) is 12.0. The van der Waals surface area contributed by atoms with Crippen molar-refractivity contribution in [2.45, 2.75) is 39.5 Å². The fourth-order valence-corrected chi connectivity index (χ4v) is 3.45. The molecule has 6 nitrogen and oxygen atoms in total. The molecule has 0 atom stereocenters. The Bertz CT molecular complexity index is 1170. The standard InChI is InChI=1S/C21H21F3N2O4/c1-5-13-10-15-16(18(30-11(2)3)17(20(28)29)25(15)4)19(27)26(13)14-8-6-12(7-9-14)21(22,23)24/h6-11H,5H2,1-4H3,(H,28,29). The molecule has 1 aromatic carbocycles. The molecule has 30 heavy (non-hydrogen) atoms. The Labute approximate surface area is 170 Å². The molecule has 0 aliphatic heterocycles. The minimum Gasteiger partial charge on any atom is -0.488 e. The SMILES string of the molecule is CCc1cc2c(c(OC(C)C)c(C(=O)O)n2C)c(=O)n1-c1ccc(C(F)(F)F)cc1. The molecule has 0 amide bonds. The highest BCUT2D eigenvalue weighted by atomic mass is 19.4. The number of aromatic carboxylic acids is 1. The third-order valence-corrected chi connectivity index (χ3v) is 4.77. The maximum Gasteiger partial charge on any atom is 0.416 e. The molecule has 3 rings (SSSR count). The Morgan fingerprint density at radius 3 is 2.27 bits per heavy atom. The van der Waals surface area contributed by atoms with Crippen molar-refractivity contribution in [2.24, 2.45) is 7.05 Å². The maximum atomic E-state index is 13.4. The Morgan fingerprint density at radius 2 is 1.80 bits per heavy atom. The lowest BCUT2D eigenvalue weighted by Gasteiger charge is -2.15. The number of nitrogens with zero attached hydrogens (tertiary/aromatic N) is 2. The second-order valence-corrected chi connectivity index (χ2v) is 7.14. The second-order valence-electron chi connectivity index (χ2n) is 7.14. The van der Waals surface area contributed by atoms with Crippen molar-refractivity contribution in [1.82, 2.24) is 9.13 Å². The van der Waals surface area contributed by atoms with Gasteiger partial charge in [0.25, 0.3) is 5.56 Å². The van der Waals surface area contributed by atoms with Gasteiger partial charge in [-0.3, -0.25) is 9.36 Å². The number of fused-ring (bicyclic) bond motifs is 1. The lowest BCUT2D eigenvalue weighted by atomic mass is 10.1. The number of hydrogen-bond acceptors (Lipinski definition) is 3. The lowest BCUT2D eigenvalue weighted by Crippen LogP contribution is -2.22. The fourth-order valence-electron chi connectivity index (χ4n) is 3.45. The summed E-state index contributed by atoms with van der Waals surface area (Å²) in [5, 5.41) is 9.72. The predicted octanol–water partition coefficient (Wildman–Crippen LogP) is 4.40. The molecular weight excluding hydrogens is 401 g/mol. The molecule has 160 valence electrons. The van der Waals surface area contributed by atoms with Crippen LogP contribution in [0, 0.1) is 0 Å². The number of carboxylic acids is 1. The van der Waals surface area contributed by atoms with Gasteiger partial charge >= 0.3 is 12.1 Å². The van der Waals surface area contributed by atoms with Crippen LogP contribution >= 0.6 is 0 Å². The third kappa shape index (κ3) is 3.55. The van der Waals surface area contributed by atoms with E-state index in [1.807, 2.05) is 0 Å². The van der Waals surface area contributed by atoms with Crippen molar-refractivity contribution < 1.29 is 27.8 Å². The molecule has 0 saturated heterocycles. The number of aryl methyl sites for hydroxylation is 2. The first-order valence-electron chi connectivity index (χ1n) is 9.32. The molecule has 9 heteroatoms. The molecule has 2 heterocycles. The molecule has 1 N–H and O–H groups in total. The summed E-state index contributed by atoms with van der Waals surface area (Å²) < 4.78 is 47.1. The summed E-state index contributed by atoms with van der Waals surface area (Å²) in [5.41, 5.74) is -0.377. The van der Waals surface area contributed by atoms with Gasteiger partial charge < -0.3 is 14.4 Å². The summed E-state index contributed by atoms with van der Waals surface area (Å²) in [6, 6.07) is 5.92. The molecule has 0 aliphatic carbocycles. The smallest absolute Gasteiger partial charge is 0.416 e. The van der Waals surface area contributed by atoms with Gasteiger partial charge in [-0.2, -0.15) is 13.2 Å². The topological polar surface area (TPSA) is 73.5 Å². The van der Waals surface area contributed by atoms with Crippen LogP contribution in [-0.2, 0) is 19.6 Å². The number of carbonyl (C=O) groups is 1. The van der Waals surface area contributed by atoms with E-state index in [0.29, 0.717) is 17.6 Å². The summed E-state index contributed by atoms with van der Waals surface area (Å²) in [7, 11) is 1.53. The van der Waals surface area contributed by atoms with E-state index in [4.69, 9.17) is 4.74 Å². The summed E-state index contributed by atoms with van der Waals surface area (Å²) >= 11 is 0. The Balaban J connectivity index is 2.37. The molecule has 0 aliphatic rings. The predicted molar refractivity (Wildman–Crippen MR) is 106 cm³/mol. The molecule has 0 fully saturated rings. The van der Waals surface area contributed by atoms with E-state index < -0.39 is 29.4 Å². The van der Waals surface area contributed by atoms with Crippen LogP contribution in [0.2, 0.25) is 0 Å². The molecule has 0 bridgehead atoms. The monoisotopic (exact) mass is 422 g/mol. The zero-order chi connectivity index (χ0) is 22.4. The van der Waals surface area contributed by atoms with Crippen LogP contribution in [0.4, 0.5) is 13.2 Å². The first-order chi connectivity index (χ1) is 14.0. The molecule has 2 aromatic heterocycles. The number of ether oxygens (including phenoxy) is 1. The summed E-state index contributed by atoms with van der Waals surface area (Å²) in [6.45, 7) is 5.21. The van der Waals surface area contributed by atoms with Crippen molar-refractivity contribution in [3.05, 3.63) is 57.6 Å². The number of aromatic nitrogens is 2. The van der Waals surface area contributed by atoms with Crippen LogP contribution in [0.1, 0.15) is 42.5 Å². The maximum absolute atomic E-state index is 13.4. The quantitative estimate of drug-likeness (QED) is 0.662. The zero-order valence-electron chi connectivity index (χ0n) is 16.9. The lowest BCUT2D eigenvalue weighted by molar-refractivity contribution is -0.137. The van der Waals surface area contributed by atoms with E-state index in [2.05, 4.69) is 0 Å². The molecule has 0 radical (unpaired) electrons. The van der Waals surface area contributed by atoms with Crippen LogP contribution in [-0.4, -0.2) is 26.3 Å². The van der Waals surface area contributed by atoms with E-state index in [9.17, 15) is 27.9 Å². The first kappa shape index (κ1) is 21.5. The van der Waals surface area contributed by atoms with Gasteiger partial charge in [0, 0.05) is 18.4 Å². The van der Waals surface area contributed by atoms with Gasteiger partial charge in [-0.25, -0.2) is 4.79 Å². The van der Waals surface area contributed by atoms with Crippen molar-refractivity contribution in [3.8, 4) is 11.4 Å². The van der Waals surface area contributed by atoms with Gasteiger partial charge in [-0.1, -0.05) is 6.92 Å². The number of rotatable bonds is 5. The van der Waals surface area contributed by atoms with Crippen LogP contribution in [0.5, 0.6) is 5.75 Å². The molecule has 3 aromatic rings. The number of halogens is 3. The van der Waals surface area contributed by atoms with E-state index >= 15 is 0 Å². The van der Waals surface area contributed by atoms with Gasteiger partial charge in [-0.05, 0) is 50.6 Å².